The van der Waals surface area contributed by atoms with Gasteiger partial charge in [-0.05, 0) is 30.2 Å². The molecule has 166 valence electrons. The average Bonchev–Trinajstić information content (AvgIpc) is 3.52. The number of hydrogen-bond donors (Lipinski definition) is 0. The van der Waals surface area contributed by atoms with Crippen molar-refractivity contribution in [2.24, 2.45) is 0 Å². The molecule has 0 N–H and O–H groups in total. The molecule has 0 bridgehead atoms. The molecule has 0 saturated carbocycles. The van der Waals surface area contributed by atoms with Crippen molar-refractivity contribution in [3.05, 3.63) is 60.3 Å². The van der Waals surface area contributed by atoms with E-state index >= 15 is 0 Å². The lowest BCUT2D eigenvalue weighted by atomic mass is 10.1. The summed E-state index contributed by atoms with van der Waals surface area (Å²) >= 11 is 0. The zero-order chi connectivity index (χ0) is 22.5. The molecule has 0 unspecified atom stereocenters. The second-order valence-electron chi connectivity index (χ2n) is 7.47. The summed E-state index contributed by atoms with van der Waals surface area (Å²) < 4.78 is 17.9. The molecule has 1 fully saturated rings. The van der Waals surface area contributed by atoms with Gasteiger partial charge >= 0.3 is 0 Å². The van der Waals surface area contributed by atoms with Gasteiger partial charge in [0.1, 0.15) is 5.69 Å². The van der Waals surface area contributed by atoms with Crippen LogP contribution in [0.4, 0.5) is 0 Å². The monoisotopic (exact) mass is 434 g/mol. The van der Waals surface area contributed by atoms with Crippen molar-refractivity contribution < 1.29 is 19.0 Å². The van der Waals surface area contributed by atoms with Crippen molar-refractivity contribution >= 4 is 12.0 Å². The van der Waals surface area contributed by atoms with Gasteiger partial charge in [0.15, 0.2) is 11.5 Å². The van der Waals surface area contributed by atoms with Gasteiger partial charge in [-0.15, -0.1) is 5.10 Å². The van der Waals surface area contributed by atoms with Gasteiger partial charge in [0, 0.05) is 24.7 Å². The summed E-state index contributed by atoms with van der Waals surface area (Å²) in [7, 11) is 4.68. The van der Waals surface area contributed by atoms with Crippen LogP contribution in [0, 0.1) is 0 Å². The molecule has 1 saturated heterocycles. The van der Waals surface area contributed by atoms with E-state index in [0.29, 0.717) is 30.3 Å². The second-order valence-corrected chi connectivity index (χ2v) is 7.47. The van der Waals surface area contributed by atoms with Gasteiger partial charge in [0.05, 0.1) is 33.6 Å². The summed E-state index contributed by atoms with van der Waals surface area (Å²) in [5.74, 6) is 1.55. The minimum absolute atomic E-state index is 0.0513. The lowest BCUT2D eigenvalue weighted by Gasteiger charge is -2.15. The molecular formula is C24H26N4O4. The second kappa shape index (κ2) is 9.55. The first-order valence-electron chi connectivity index (χ1n) is 10.4. The molecule has 8 nitrogen and oxygen atoms in total. The van der Waals surface area contributed by atoms with E-state index in [0.717, 1.165) is 23.2 Å². The molecule has 3 aromatic rings. The number of benzene rings is 2. The van der Waals surface area contributed by atoms with Crippen molar-refractivity contribution in [1.82, 2.24) is 19.9 Å². The number of amides is 1. The maximum atomic E-state index is 12.8. The maximum Gasteiger partial charge on any atom is 0.246 e. The van der Waals surface area contributed by atoms with E-state index in [4.69, 9.17) is 14.2 Å². The summed E-state index contributed by atoms with van der Waals surface area (Å²) in [4.78, 5) is 14.6. The van der Waals surface area contributed by atoms with E-state index in [1.807, 2.05) is 46.1 Å². The molecule has 1 aromatic heterocycles. The molecule has 0 radical (unpaired) electrons. The highest BCUT2D eigenvalue weighted by atomic mass is 16.5. The van der Waals surface area contributed by atoms with Gasteiger partial charge in [0.25, 0.3) is 0 Å². The Morgan fingerprint density at radius 1 is 1.06 bits per heavy atom. The highest BCUT2D eigenvalue weighted by Crippen LogP contribution is 2.38. The lowest BCUT2D eigenvalue weighted by molar-refractivity contribution is -0.125. The zero-order valence-corrected chi connectivity index (χ0v) is 18.4. The molecule has 1 aliphatic heterocycles. The maximum absolute atomic E-state index is 12.8. The summed E-state index contributed by atoms with van der Waals surface area (Å²) in [6, 6.07) is 13.7. The number of hydrogen-bond acceptors (Lipinski definition) is 6. The fraction of sp³-hybridized carbons (Fsp3) is 0.292. The van der Waals surface area contributed by atoms with E-state index in [-0.39, 0.29) is 11.9 Å². The number of carbonyl (C=O) groups is 1. The highest BCUT2D eigenvalue weighted by molar-refractivity contribution is 5.92. The Kier molecular flexibility index (Phi) is 6.39. The summed E-state index contributed by atoms with van der Waals surface area (Å²) in [5, 5.41) is 8.57. The summed E-state index contributed by atoms with van der Waals surface area (Å²) in [5.41, 5.74) is 2.64. The first kappa shape index (κ1) is 21.4. The van der Waals surface area contributed by atoms with Crippen LogP contribution in [0.2, 0.25) is 0 Å². The number of nitrogens with zero attached hydrogens (tertiary/aromatic N) is 4. The highest BCUT2D eigenvalue weighted by Gasteiger charge is 2.27. The quantitative estimate of drug-likeness (QED) is 0.530. The average molecular weight is 434 g/mol. The third-order valence-electron chi connectivity index (χ3n) is 5.53. The normalized spacial score (nSPS) is 15.8. The van der Waals surface area contributed by atoms with Crippen LogP contribution in [0.25, 0.3) is 17.3 Å². The topological polar surface area (TPSA) is 78.7 Å². The van der Waals surface area contributed by atoms with Gasteiger partial charge in [-0.3, -0.25) is 4.79 Å². The Hall–Kier alpha value is -3.81. The zero-order valence-electron chi connectivity index (χ0n) is 18.4. The Morgan fingerprint density at radius 3 is 2.44 bits per heavy atom. The van der Waals surface area contributed by atoms with Gasteiger partial charge in [-0.25, -0.2) is 4.68 Å². The van der Waals surface area contributed by atoms with Crippen molar-refractivity contribution in [1.29, 1.82) is 0 Å². The standard InChI is InChI=1S/C24H26N4O4/c1-30-21-13-17(14-22(31-2)24(21)32-3)9-10-23(29)27-12-11-19(15-27)28-16-20(25-26-28)18-7-5-4-6-8-18/h4-10,13-14,16,19H,11-12,15H2,1-3H3/b10-9+/t19-/m1/s1. The van der Waals surface area contributed by atoms with Crippen molar-refractivity contribution in [3.8, 4) is 28.5 Å². The third kappa shape index (κ3) is 4.44. The first-order valence-corrected chi connectivity index (χ1v) is 10.4. The molecule has 1 amide bonds. The van der Waals surface area contributed by atoms with Crippen molar-refractivity contribution in [2.45, 2.75) is 12.5 Å². The van der Waals surface area contributed by atoms with Crippen LogP contribution in [0.5, 0.6) is 17.2 Å². The predicted molar refractivity (Wildman–Crippen MR) is 121 cm³/mol. The molecular weight excluding hydrogens is 408 g/mol. The summed E-state index contributed by atoms with van der Waals surface area (Å²) in [6.07, 6.45) is 6.10. The van der Waals surface area contributed by atoms with Gasteiger partial charge in [-0.1, -0.05) is 35.5 Å². The summed E-state index contributed by atoms with van der Waals surface area (Å²) in [6.45, 7) is 1.26. The number of ether oxygens (including phenoxy) is 3. The number of likely N-dealkylation sites (tertiary alicyclic amines) is 1. The molecule has 1 atom stereocenters. The lowest BCUT2D eigenvalue weighted by Crippen LogP contribution is -2.27. The van der Waals surface area contributed by atoms with E-state index in [1.54, 1.807) is 45.6 Å². The van der Waals surface area contributed by atoms with Crippen LogP contribution < -0.4 is 14.2 Å². The fourth-order valence-electron chi connectivity index (χ4n) is 3.82. The molecule has 0 aliphatic carbocycles. The Labute approximate surface area is 187 Å². The van der Waals surface area contributed by atoms with Crippen molar-refractivity contribution in [3.63, 3.8) is 0 Å². The number of rotatable bonds is 7. The largest absolute Gasteiger partial charge is 0.493 e. The minimum atomic E-state index is -0.0513. The van der Waals surface area contributed by atoms with E-state index in [2.05, 4.69) is 10.3 Å². The van der Waals surface area contributed by atoms with Crippen LogP contribution in [0.15, 0.2) is 54.7 Å². The van der Waals surface area contributed by atoms with Crippen molar-refractivity contribution in [2.75, 3.05) is 34.4 Å². The SMILES string of the molecule is COc1cc(/C=C/C(=O)N2CC[C@@H](n3cc(-c4ccccc4)nn3)C2)cc(OC)c1OC. The third-order valence-corrected chi connectivity index (χ3v) is 5.53. The Bertz CT molecular complexity index is 1090. The molecule has 8 heteroatoms. The van der Waals surface area contributed by atoms with Crippen LogP contribution >= 0.6 is 0 Å². The molecule has 1 aliphatic rings. The molecule has 0 spiro atoms. The Morgan fingerprint density at radius 2 is 1.78 bits per heavy atom. The van der Waals surface area contributed by atoms with Gasteiger partial charge in [0.2, 0.25) is 11.7 Å². The number of methoxy groups -OCH3 is 3. The number of carbonyl (C=O) groups excluding carboxylic acids is 1. The molecule has 32 heavy (non-hydrogen) atoms. The fourth-order valence-corrected chi connectivity index (χ4v) is 3.82. The molecule has 4 rings (SSSR count). The molecule has 2 heterocycles. The predicted octanol–water partition coefficient (Wildman–Crippen LogP) is 3.46. The smallest absolute Gasteiger partial charge is 0.246 e. The van der Waals surface area contributed by atoms with E-state index < -0.39 is 0 Å². The van der Waals surface area contributed by atoms with Crippen LogP contribution in [-0.4, -0.2) is 60.2 Å². The van der Waals surface area contributed by atoms with Crippen LogP contribution in [-0.2, 0) is 4.79 Å². The van der Waals surface area contributed by atoms with Gasteiger partial charge < -0.3 is 19.1 Å². The van der Waals surface area contributed by atoms with E-state index in [9.17, 15) is 4.79 Å². The van der Waals surface area contributed by atoms with Crippen LogP contribution in [0.3, 0.4) is 0 Å². The van der Waals surface area contributed by atoms with E-state index in [1.165, 1.54) is 0 Å². The van der Waals surface area contributed by atoms with Crippen LogP contribution in [0.1, 0.15) is 18.0 Å². The number of aromatic nitrogens is 3. The Balaban J connectivity index is 1.42. The first-order chi connectivity index (χ1) is 15.6. The molecule has 2 aromatic carbocycles. The minimum Gasteiger partial charge on any atom is -0.493 e. The van der Waals surface area contributed by atoms with Gasteiger partial charge in [-0.2, -0.15) is 0 Å².